The second-order valence-electron chi connectivity index (χ2n) is 6.60. The largest absolute Gasteiger partial charge is 0.354 e. The summed E-state index contributed by atoms with van der Waals surface area (Å²) in [7, 11) is -3.35. The number of nitrogens with one attached hydrogen (secondary N) is 2. The number of carbonyl (C=O) groups is 2. The molecule has 136 valence electrons. The molecule has 0 aromatic heterocycles. The second kappa shape index (κ2) is 7.03. The van der Waals surface area contributed by atoms with Gasteiger partial charge in [-0.1, -0.05) is 6.92 Å². The van der Waals surface area contributed by atoms with Gasteiger partial charge in [0.2, 0.25) is 15.9 Å². The molecule has 2 atom stereocenters. The van der Waals surface area contributed by atoms with Crippen LogP contribution in [0.25, 0.3) is 0 Å². The van der Waals surface area contributed by atoms with Crippen molar-refractivity contribution in [2.45, 2.75) is 44.7 Å². The van der Waals surface area contributed by atoms with Gasteiger partial charge in [0.1, 0.15) is 0 Å². The summed E-state index contributed by atoms with van der Waals surface area (Å²) >= 11 is 0. The molecule has 2 bridgehead atoms. The Labute approximate surface area is 147 Å². The lowest BCUT2D eigenvalue weighted by molar-refractivity contribution is -0.121. The smallest absolute Gasteiger partial charge is 0.254 e. The fourth-order valence-corrected chi connectivity index (χ4v) is 4.68. The standard InChI is InChI=1S/C17H23N3O4S/c1-2-9-25(23,24)19-13-5-3-12(4-6-13)17(22)20-14-7-8-15(20)11-18-16(21)10-14/h3-6,14-15,19H,2,7-11H2,1H3,(H,18,21). The molecule has 7 nitrogen and oxygen atoms in total. The predicted molar refractivity (Wildman–Crippen MR) is 94.7 cm³/mol. The molecular weight excluding hydrogens is 342 g/mol. The molecule has 25 heavy (non-hydrogen) atoms. The molecule has 3 rings (SSSR count). The van der Waals surface area contributed by atoms with E-state index >= 15 is 0 Å². The van der Waals surface area contributed by atoms with Crippen LogP contribution >= 0.6 is 0 Å². The third-order valence-electron chi connectivity index (χ3n) is 4.69. The van der Waals surface area contributed by atoms with Crippen molar-refractivity contribution >= 4 is 27.5 Å². The van der Waals surface area contributed by atoms with E-state index in [0.717, 1.165) is 12.8 Å². The van der Waals surface area contributed by atoms with Gasteiger partial charge >= 0.3 is 0 Å². The average molecular weight is 365 g/mol. The highest BCUT2D eigenvalue weighted by Gasteiger charge is 2.40. The van der Waals surface area contributed by atoms with Crippen LogP contribution in [0.5, 0.6) is 0 Å². The number of amides is 2. The quantitative estimate of drug-likeness (QED) is 0.823. The van der Waals surface area contributed by atoms with Crippen LogP contribution in [0.2, 0.25) is 0 Å². The van der Waals surface area contributed by atoms with Gasteiger partial charge in [0, 0.05) is 36.3 Å². The van der Waals surface area contributed by atoms with E-state index in [0.29, 0.717) is 30.6 Å². The Balaban J connectivity index is 1.74. The zero-order chi connectivity index (χ0) is 18.0. The van der Waals surface area contributed by atoms with Crippen molar-refractivity contribution in [3.63, 3.8) is 0 Å². The molecule has 2 aliphatic heterocycles. The van der Waals surface area contributed by atoms with Crippen LogP contribution < -0.4 is 10.0 Å². The average Bonchev–Trinajstić information content (AvgIpc) is 2.86. The summed E-state index contributed by atoms with van der Waals surface area (Å²) in [6.07, 6.45) is 2.62. The number of hydrogen-bond donors (Lipinski definition) is 2. The van der Waals surface area contributed by atoms with Crippen molar-refractivity contribution < 1.29 is 18.0 Å². The van der Waals surface area contributed by atoms with E-state index < -0.39 is 10.0 Å². The maximum Gasteiger partial charge on any atom is 0.254 e. The number of carbonyl (C=O) groups excluding carboxylic acids is 2. The Hall–Kier alpha value is -2.09. The highest BCUT2D eigenvalue weighted by molar-refractivity contribution is 7.92. The van der Waals surface area contributed by atoms with Crippen LogP contribution in [0.4, 0.5) is 5.69 Å². The van der Waals surface area contributed by atoms with E-state index in [9.17, 15) is 18.0 Å². The van der Waals surface area contributed by atoms with E-state index in [4.69, 9.17) is 0 Å². The number of rotatable bonds is 5. The number of anilines is 1. The molecule has 2 aliphatic rings. The molecule has 1 aromatic carbocycles. The Morgan fingerprint density at radius 2 is 1.92 bits per heavy atom. The summed E-state index contributed by atoms with van der Waals surface area (Å²) in [4.78, 5) is 26.4. The minimum atomic E-state index is -3.35. The third kappa shape index (κ3) is 3.95. The number of benzene rings is 1. The van der Waals surface area contributed by atoms with Gasteiger partial charge in [0.05, 0.1) is 5.75 Å². The van der Waals surface area contributed by atoms with Crippen LogP contribution in [0.1, 0.15) is 43.0 Å². The summed E-state index contributed by atoms with van der Waals surface area (Å²) < 4.78 is 26.1. The van der Waals surface area contributed by atoms with Crippen LogP contribution in [0.3, 0.4) is 0 Å². The number of hydrogen-bond acceptors (Lipinski definition) is 4. The lowest BCUT2D eigenvalue weighted by atomic mass is 10.1. The Morgan fingerprint density at radius 1 is 1.24 bits per heavy atom. The molecule has 0 radical (unpaired) electrons. The number of nitrogens with zero attached hydrogens (tertiary/aromatic N) is 1. The SMILES string of the molecule is CCCS(=O)(=O)Nc1ccc(C(=O)N2C3CCC2CC(=O)NC3)cc1. The minimum absolute atomic E-state index is 0.00863. The highest BCUT2D eigenvalue weighted by Crippen LogP contribution is 2.30. The molecule has 8 heteroatoms. The first-order valence-corrected chi connectivity index (χ1v) is 10.2. The van der Waals surface area contributed by atoms with Gasteiger partial charge < -0.3 is 10.2 Å². The molecule has 0 saturated carbocycles. The van der Waals surface area contributed by atoms with Crippen LogP contribution in [0.15, 0.2) is 24.3 Å². The molecular formula is C17H23N3O4S. The Kier molecular flexibility index (Phi) is 4.99. The minimum Gasteiger partial charge on any atom is -0.354 e. The summed E-state index contributed by atoms with van der Waals surface area (Å²) in [6.45, 7) is 2.30. The summed E-state index contributed by atoms with van der Waals surface area (Å²) in [5, 5.41) is 2.85. The summed E-state index contributed by atoms with van der Waals surface area (Å²) in [5.41, 5.74) is 0.949. The highest BCUT2D eigenvalue weighted by atomic mass is 32.2. The first-order valence-electron chi connectivity index (χ1n) is 8.59. The lowest BCUT2D eigenvalue weighted by Gasteiger charge is -2.27. The van der Waals surface area contributed by atoms with Gasteiger partial charge in [0.15, 0.2) is 0 Å². The zero-order valence-electron chi connectivity index (χ0n) is 14.2. The van der Waals surface area contributed by atoms with Gasteiger partial charge in [-0.2, -0.15) is 0 Å². The van der Waals surface area contributed by atoms with E-state index in [1.807, 2.05) is 4.90 Å². The normalized spacial score (nSPS) is 23.1. The second-order valence-corrected chi connectivity index (χ2v) is 8.45. The molecule has 2 amide bonds. The van der Waals surface area contributed by atoms with Gasteiger partial charge in [0.25, 0.3) is 5.91 Å². The number of sulfonamides is 1. The maximum atomic E-state index is 12.9. The van der Waals surface area contributed by atoms with E-state index in [2.05, 4.69) is 10.0 Å². The van der Waals surface area contributed by atoms with Crippen molar-refractivity contribution in [1.29, 1.82) is 0 Å². The molecule has 1 aromatic rings. The molecule has 2 N–H and O–H groups in total. The number of fused-ring (bicyclic) bond motifs is 2. The van der Waals surface area contributed by atoms with E-state index in [-0.39, 0.29) is 29.7 Å². The maximum absolute atomic E-state index is 12.9. The molecule has 0 spiro atoms. The molecule has 2 heterocycles. The summed E-state index contributed by atoms with van der Waals surface area (Å²) in [5.74, 6) is -0.0519. The van der Waals surface area contributed by atoms with Crippen LogP contribution in [0, 0.1) is 0 Å². The third-order valence-corrected chi connectivity index (χ3v) is 6.18. The van der Waals surface area contributed by atoms with Gasteiger partial charge in [-0.05, 0) is 43.5 Å². The van der Waals surface area contributed by atoms with Crippen molar-refractivity contribution in [3.8, 4) is 0 Å². The van der Waals surface area contributed by atoms with Gasteiger partial charge in [-0.15, -0.1) is 0 Å². The van der Waals surface area contributed by atoms with Crippen LogP contribution in [-0.4, -0.2) is 49.5 Å². The first-order chi connectivity index (χ1) is 11.9. The van der Waals surface area contributed by atoms with Crippen molar-refractivity contribution in [2.24, 2.45) is 0 Å². The topological polar surface area (TPSA) is 95.6 Å². The van der Waals surface area contributed by atoms with Gasteiger partial charge in [-0.3, -0.25) is 14.3 Å². The fourth-order valence-electron chi connectivity index (χ4n) is 3.54. The molecule has 2 saturated heterocycles. The van der Waals surface area contributed by atoms with Gasteiger partial charge in [-0.25, -0.2) is 8.42 Å². The Bertz CT molecular complexity index is 761. The Morgan fingerprint density at radius 3 is 2.60 bits per heavy atom. The van der Waals surface area contributed by atoms with Crippen molar-refractivity contribution in [2.75, 3.05) is 17.0 Å². The van der Waals surface area contributed by atoms with E-state index in [1.54, 1.807) is 31.2 Å². The molecule has 0 aliphatic carbocycles. The van der Waals surface area contributed by atoms with Crippen molar-refractivity contribution in [3.05, 3.63) is 29.8 Å². The fraction of sp³-hybridized carbons (Fsp3) is 0.529. The molecule has 2 unspecified atom stereocenters. The lowest BCUT2D eigenvalue weighted by Crippen LogP contribution is -2.42. The molecule has 2 fully saturated rings. The zero-order valence-corrected chi connectivity index (χ0v) is 15.0. The van der Waals surface area contributed by atoms with Crippen molar-refractivity contribution in [1.82, 2.24) is 10.2 Å². The summed E-state index contributed by atoms with van der Waals surface area (Å²) in [6, 6.07) is 6.44. The van der Waals surface area contributed by atoms with Crippen LogP contribution in [-0.2, 0) is 14.8 Å². The first kappa shape index (κ1) is 17.7. The predicted octanol–water partition coefficient (Wildman–Crippen LogP) is 1.33. The van der Waals surface area contributed by atoms with E-state index in [1.165, 1.54) is 0 Å². The monoisotopic (exact) mass is 365 g/mol.